The summed E-state index contributed by atoms with van der Waals surface area (Å²) in [4.78, 5) is 0. The number of aliphatic hydroxyl groups excluding tert-OH is 13. The van der Waals surface area contributed by atoms with E-state index in [1.807, 2.05) is 0 Å². The molecule has 1 spiro atoms. The molecule has 13 N–H and O–H groups in total. The molecule has 6 saturated heterocycles. The van der Waals surface area contributed by atoms with Crippen molar-refractivity contribution in [1.82, 2.24) is 0 Å². The van der Waals surface area contributed by atoms with Crippen molar-refractivity contribution in [3.8, 4) is 0 Å². The summed E-state index contributed by atoms with van der Waals surface area (Å²) in [6.07, 6.45) is -20.8. The molecule has 23 heteroatoms. The van der Waals surface area contributed by atoms with Crippen LogP contribution in [0.15, 0.2) is 11.6 Å². The third kappa shape index (κ3) is 9.58. The van der Waals surface area contributed by atoms with E-state index in [4.69, 9.17) is 47.4 Å². The maximum Gasteiger partial charge on any atom is 0.187 e. The second kappa shape index (κ2) is 21.7. The van der Waals surface area contributed by atoms with Crippen LogP contribution in [0.3, 0.4) is 0 Å². The second-order valence-corrected chi connectivity index (χ2v) is 23.9. The van der Waals surface area contributed by atoms with Crippen LogP contribution in [-0.4, -0.2) is 240 Å². The van der Waals surface area contributed by atoms with Crippen molar-refractivity contribution in [1.29, 1.82) is 0 Å². The van der Waals surface area contributed by atoms with Crippen LogP contribution < -0.4 is 0 Å². The Morgan fingerprint density at radius 3 is 1.85 bits per heavy atom. The summed E-state index contributed by atoms with van der Waals surface area (Å²) in [7, 11) is 0. The highest BCUT2D eigenvalue weighted by Gasteiger charge is 2.69. The zero-order valence-corrected chi connectivity index (χ0v) is 42.5. The summed E-state index contributed by atoms with van der Waals surface area (Å²) in [6.45, 7) is 7.17. The Morgan fingerprint density at radius 1 is 0.595 bits per heavy atom. The smallest absolute Gasteiger partial charge is 0.187 e. The summed E-state index contributed by atoms with van der Waals surface area (Å²) < 4.78 is 61.6. The lowest BCUT2D eigenvalue weighted by molar-refractivity contribution is -0.389. The van der Waals surface area contributed by atoms with Crippen LogP contribution in [0.1, 0.15) is 85.5 Å². The standard InChI is InChI=1S/C51H82O23/c1-20-32-28(74-51(20)12-7-22(19-66-51)18-65-45-39(61)37(59)34(56)29(15-52)69-45)14-27-25-6-5-23-13-24(8-10-49(23,3)26(25)9-11-50(27,32)4)68-48-44(73-46-40(62)36(58)33(55)21(2)67-46)42(64)43(31(17-54)71-48)72-47-41(63)38(60)35(57)30(16-53)70-47/h5,20-22,24-48,52-64H,6-19H2,1-4H3. The lowest BCUT2D eigenvalue weighted by atomic mass is 9.47. The van der Waals surface area contributed by atoms with Gasteiger partial charge in [-0.15, -0.1) is 0 Å². The highest BCUT2D eigenvalue weighted by atomic mass is 16.8. The molecule has 0 amide bonds. The summed E-state index contributed by atoms with van der Waals surface area (Å²) in [5.74, 6) is 1.01. The van der Waals surface area contributed by atoms with Gasteiger partial charge in [-0.25, -0.2) is 0 Å². The van der Waals surface area contributed by atoms with E-state index >= 15 is 0 Å². The molecule has 424 valence electrons. The molecule has 9 fully saturated rings. The van der Waals surface area contributed by atoms with Gasteiger partial charge in [0.05, 0.1) is 51.3 Å². The average molecular weight is 1060 g/mol. The Morgan fingerprint density at radius 2 is 1.20 bits per heavy atom. The van der Waals surface area contributed by atoms with E-state index in [1.165, 1.54) is 12.5 Å². The van der Waals surface area contributed by atoms with Gasteiger partial charge >= 0.3 is 0 Å². The van der Waals surface area contributed by atoms with Gasteiger partial charge in [-0.3, -0.25) is 0 Å². The SMILES string of the molecule is CC1OC(OC2C(OC3CCC4(C)C(=CCC5C4CCC4(C)C5CC5OC6(CCC(COC7OC(CO)C(O)C(O)C7O)CO6)C(C)C54)C3)OC(CO)C(OC3OC(CO)C(O)C(O)C3O)C2O)C(O)C(O)C1O. The first kappa shape index (κ1) is 56.1. The molecule has 0 bridgehead atoms. The zero-order valence-electron chi connectivity index (χ0n) is 42.5. The lowest BCUT2D eigenvalue weighted by Gasteiger charge is -2.59. The van der Waals surface area contributed by atoms with Crippen molar-refractivity contribution < 1.29 is 114 Å². The molecule has 31 unspecified atom stereocenters. The van der Waals surface area contributed by atoms with E-state index in [0.717, 1.165) is 38.5 Å². The first-order chi connectivity index (χ1) is 35.2. The maximum atomic E-state index is 12.1. The van der Waals surface area contributed by atoms with Gasteiger partial charge < -0.3 is 114 Å². The minimum atomic E-state index is -1.85. The summed E-state index contributed by atoms with van der Waals surface area (Å²) in [5.41, 5.74) is 1.18. The van der Waals surface area contributed by atoms with Gasteiger partial charge in [0.25, 0.3) is 0 Å². The molecule has 4 aliphatic carbocycles. The van der Waals surface area contributed by atoms with Crippen molar-refractivity contribution in [3.05, 3.63) is 11.6 Å². The van der Waals surface area contributed by atoms with Crippen LogP contribution in [-0.2, 0) is 47.4 Å². The maximum absolute atomic E-state index is 12.1. The first-order valence-corrected chi connectivity index (χ1v) is 27.0. The van der Waals surface area contributed by atoms with Crippen LogP contribution in [0.25, 0.3) is 0 Å². The largest absolute Gasteiger partial charge is 0.394 e. The number of rotatable bonds is 12. The second-order valence-electron chi connectivity index (χ2n) is 23.9. The molecule has 6 aliphatic heterocycles. The molecule has 0 aromatic rings. The fourth-order valence-corrected chi connectivity index (χ4v) is 15.5. The number of allylic oxidation sites excluding steroid dienone is 1. The number of fused-ring (bicyclic) bond motifs is 7. The minimum absolute atomic E-state index is 0.0125. The van der Waals surface area contributed by atoms with Crippen molar-refractivity contribution >= 4 is 0 Å². The van der Waals surface area contributed by atoms with E-state index < -0.39 is 155 Å². The van der Waals surface area contributed by atoms with Crippen LogP contribution >= 0.6 is 0 Å². The fourth-order valence-electron chi connectivity index (χ4n) is 15.5. The normalized spacial score (nSPS) is 56.5. The van der Waals surface area contributed by atoms with Gasteiger partial charge in [0.2, 0.25) is 0 Å². The van der Waals surface area contributed by atoms with Gasteiger partial charge in [-0.1, -0.05) is 32.4 Å². The van der Waals surface area contributed by atoms with Gasteiger partial charge in [0, 0.05) is 18.3 Å². The number of ether oxygens (including phenoxy) is 10. The summed E-state index contributed by atoms with van der Waals surface area (Å²) >= 11 is 0. The average Bonchev–Trinajstić information content (AvgIpc) is 3.87. The van der Waals surface area contributed by atoms with E-state index in [0.29, 0.717) is 49.5 Å². The van der Waals surface area contributed by atoms with Crippen LogP contribution in [0, 0.1) is 46.3 Å². The summed E-state index contributed by atoms with van der Waals surface area (Å²) in [6, 6.07) is 0. The molecular formula is C51H82O23. The van der Waals surface area contributed by atoms with Crippen molar-refractivity contribution in [2.75, 3.05) is 33.0 Å². The number of hydrogen-bond acceptors (Lipinski definition) is 23. The van der Waals surface area contributed by atoms with E-state index in [2.05, 4.69) is 26.8 Å². The van der Waals surface area contributed by atoms with Crippen molar-refractivity contribution in [3.63, 3.8) is 0 Å². The van der Waals surface area contributed by atoms with E-state index in [1.54, 1.807) is 0 Å². The predicted octanol–water partition coefficient (Wildman–Crippen LogP) is -2.99. The number of hydrogen-bond donors (Lipinski definition) is 13. The molecule has 6 heterocycles. The number of aliphatic hydroxyl groups is 13. The minimum Gasteiger partial charge on any atom is -0.394 e. The van der Waals surface area contributed by atoms with Crippen LogP contribution in [0.5, 0.6) is 0 Å². The highest BCUT2D eigenvalue weighted by molar-refractivity contribution is 5.26. The van der Waals surface area contributed by atoms with Gasteiger partial charge in [-0.05, 0) is 92.8 Å². The quantitative estimate of drug-likeness (QED) is 0.0867. The molecular weight excluding hydrogens is 981 g/mol. The zero-order chi connectivity index (χ0) is 52.9. The van der Waals surface area contributed by atoms with Crippen molar-refractivity contribution in [2.45, 2.75) is 226 Å². The molecule has 3 saturated carbocycles. The van der Waals surface area contributed by atoms with Gasteiger partial charge in [0.15, 0.2) is 30.9 Å². The molecule has 0 aromatic heterocycles. The Hall–Kier alpha value is -1.18. The van der Waals surface area contributed by atoms with Crippen LogP contribution in [0.2, 0.25) is 0 Å². The lowest BCUT2D eigenvalue weighted by Crippen LogP contribution is -2.67. The Bertz CT molecular complexity index is 1940. The predicted molar refractivity (Wildman–Crippen MR) is 248 cm³/mol. The van der Waals surface area contributed by atoms with E-state index in [9.17, 15) is 66.4 Å². The molecule has 23 nitrogen and oxygen atoms in total. The Balaban J connectivity index is 0.793. The van der Waals surface area contributed by atoms with Crippen molar-refractivity contribution in [2.24, 2.45) is 46.3 Å². The highest BCUT2D eigenvalue weighted by Crippen LogP contribution is 2.71. The molecule has 10 aliphatic rings. The van der Waals surface area contributed by atoms with Gasteiger partial charge in [0.1, 0.15) is 91.6 Å². The molecule has 0 aromatic carbocycles. The third-order valence-corrected chi connectivity index (χ3v) is 19.9. The third-order valence-electron chi connectivity index (χ3n) is 19.9. The topological polar surface area (TPSA) is 355 Å². The first-order valence-electron chi connectivity index (χ1n) is 27.0. The van der Waals surface area contributed by atoms with E-state index in [-0.39, 0.29) is 35.4 Å². The monoisotopic (exact) mass is 1060 g/mol. The molecule has 74 heavy (non-hydrogen) atoms. The Kier molecular flexibility index (Phi) is 16.5. The molecule has 31 atom stereocenters. The van der Waals surface area contributed by atoms with Gasteiger partial charge in [-0.2, -0.15) is 0 Å². The Labute approximate surface area is 430 Å². The molecule has 10 rings (SSSR count). The summed E-state index contributed by atoms with van der Waals surface area (Å²) in [5, 5.41) is 137. The molecule has 0 radical (unpaired) electrons. The fraction of sp³-hybridized carbons (Fsp3) is 0.961. The van der Waals surface area contributed by atoms with Crippen LogP contribution in [0.4, 0.5) is 0 Å².